The minimum absolute atomic E-state index is 0.0423. The Labute approximate surface area is 142 Å². The maximum atomic E-state index is 13.0. The fourth-order valence-electron chi connectivity index (χ4n) is 3.92. The lowest BCUT2D eigenvalue weighted by molar-refractivity contribution is -0.121. The molecule has 1 aliphatic rings. The summed E-state index contributed by atoms with van der Waals surface area (Å²) in [7, 11) is 1.58. The van der Waals surface area contributed by atoms with Gasteiger partial charge in [-0.1, -0.05) is 26.0 Å². The number of ether oxygens (including phenoxy) is 1. The number of aromatic nitrogens is 1. The summed E-state index contributed by atoms with van der Waals surface area (Å²) < 4.78 is 5.20. The second-order valence-corrected chi connectivity index (χ2v) is 7.62. The van der Waals surface area contributed by atoms with E-state index in [0.717, 1.165) is 12.0 Å². The Morgan fingerprint density at radius 3 is 2.58 bits per heavy atom. The lowest BCUT2D eigenvalue weighted by Crippen LogP contribution is -2.28. The minimum Gasteiger partial charge on any atom is -0.497 e. The van der Waals surface area contributed by atoms with Gasteiger partial charge in [0.25, 0.3) is 0 Å². The normalized spacial score (nSPS) is 22.6. The first kappa shape index (κ1) is 16.5. The molecule has 24 heavy (non-hydrogen) atoms. The predicted molar refractivity (Wildman–Crippen MR) is 92.6 cm³/mol. The molecule has 0 bridgehead atoms. The molecule has 1 N–H and O–H groups in total. The first-order valence-corrected chi connectivity index (χ1v) is 8.16. The summed E-state index contributed by atoms with van der Waals surface area (Å²) in [6, 6.07) is 7.09. The number of H-pyrrole nitrogens is 1. The molecule has 1 heterocycles. The van der Waals surface area contributed by atoms with E-state index in [-0.39, 0.29) is 17.0 Å². The number of methoxy groups -OCH3 is 1. The SMILES string of the molecule is COc1cccc(C(=O)c2c[nH]cc2C2(C)CC(C)(C)CC2=O)c1. The van der Waals surface area contributed by atoms with E-state index in [1.54, 1.807) is 43.8 Å². The van der Waals surface area contributed by atoms with Gasteiger partial charge in [0.15, 0.2) is 5.78 Å². The molecule has 4 heteroatoms. The molecule has 0 aliphatic heterocycles. The summed E-state index contributed by atoms with van der Waals surface area (Å²) in [4.78, 5) is 28.7. The standard InChI is InChI=1S/C20H23NO3/c1-19(2)9-17(22)20(3,12-19)16-11-21-10-15(16)18(23)13-6-5-7-14(8-13)24-4/h5-8,10-11,21H,9,12H2,1-4H3. The molecule has 0 radical (unpaired) electrons. The third-order valence-electron chi connectivity index (χ3n) is 5.00. The molecule has 1 fully saturated rings. The van der Waals surface area contributed by atoms with Crippen molar-refractivity contribution >= 4 is 11.6 Å². The second kappa shape index (κ2) is 5.62. The number of rotatable bonds is 4. The van der Waals surface area contributed by atoms with E-state index >= 15 is 0 Å². The predicted octanol–water partition coefficient (Wildman–Crippen LogP) is 3.90. The van der Waals surface area contributed by atoms with E-state index in [4.69, 9.17) is 4.74 Å². The number of Topliss-reactive ketones (excluding diaryl/α,β-unsaturated/α-hetero) is 1. The van der Waals surface area contributed by atoms with Crippen molar-refractivity contribution in [1.82, 2.24) is 4.98 Å². The summed E-state index contributed by atoms with van der Waals surface area (Å²) in [5.41, 5.74) is 1.26. The molecule has 1 aliphatic carbocycles. The largest absolute Gasteiger partial charge is 0.497 e. The molecule has 4 nitrogen and oxygen atoms in total. The van der Waals surface area contributed by atoms with Gasteiger partial charge in [0.05, 0.1) is 12.5 Å². The molecule has 2 aromatic rings. The Morgan fingerprint density at radius 1 is 1.21 bits per heavy atom. The molecule has 0 amide bonds. The van der Waals surface area contributed by atoms with E-state index in [9.17, 15) is 9.59 Å². The molecule has 0 saturated heterocycles. The van der Waals surface area contributed by atoms with Gasteiger partial charge in [0, 0.05) is 29.9 Å². The Kier molecular flexibility index (Phi) is 3.86. The van der Waals surface area contributed by atoms with Crippen LogP contribution in [0.15, 0.2) is 36.7 Å². The zero-order chi connectivity index (χ0) is 17.5. The monoisotopic (exact) mass is 325 g/mol. The molecular formula is C20H23NO3. The van der Waals surface area contributed by atoms with Crippen molar-refractivity contribution in [3.63, 3.8) is 0 Å². The molecule has 0 spiro atoms. The van der Waals surface area contributed by atoms with Gasteiger partial charge < -0.3 is 9.72 Å². The van der Waals surface area contributed by atoms with E-state index in [1.165, 1.54) is 0 Å². The smallest absolute Gasteiger partial charge is 0.194 e. The van der Waals surface area contributed by atoms with Gasteiger partial charge in [-0.15, -0.1) is 0 Å². The van der Waals surface area contributed by atoms with Gasteiger partial charge in [0.2, 0.25) is 0 Å². The minimum atomic E-state index is -0.618. The van der Waals surface area contributed by atoms with Crippen LogP contribution in [0.5, 0.6) is 5.75 Å². The highest BCUT2D eigenvalue weighted by molar-refractivity contribution is 6.11. The van der Waals surface area contributed by atoms with Crippen molar-refractivity contribution in [2.45, 2.75) is 39.0 Å². The van der Waals surface area contributed by atoms with Crippen molar-refractivity contribution in [2.75, 3.05) is 7.11 Å². The number of benzene rings is 1. The Balaban J connectivity index is 2.02. The summed E-state index contributed by atoms with van der Waals surface area (Å²) in [6.45, 7) is 6.16. The van der Waals surface area contributed by atoms with Crippen molar-refractivity contribution < 1.29 is 14.3 Å². The van der Waals surface area contributed by atoms with Gasteiger partial charge in [-0.3, -0.25) is 9.59 Å². The zero-order valence-electron chi connectivity index (χ0n) is 14.6. The van der Waals surface area contributed by atoms with E-state index in [2.05, 4.69) is 18.8 Å². The van der Waals surface area contributed by atoms with Gasteiger partial charge in [-0.05, 0) is 36.5 Å². The van der Waals surface area contributed by atoms with E-state index < -0.39 is 5.41 Å². The lowest BCUT2D eigenvalue weighted by Gasteiger charge is -2.25. The van der Waals surface area contributed by atoms with Crippen LogP contribution in [0.3, 0.4) is 0 Å². The highest BCUT2D eigenvalue weighted by Gasteiger charge is 2.49. The zero-order valence-corrected chi connectivity index (χ0v) is 14.6. The topological polar surface area (TPSA) is 59.2 Å². The van der Waals surface area contributed by atoms with Crippen molar-refractivity contribution in [1.29, 1.82) is 0 Å². The molecule has 1 aromatic carbocycles. The van der Waals surface area contributed by atoms with Gasteiger partial charge in [0.1, 0.15) is 11.5 Å². The number of carbonyl (C=O) groups is 2. The highest BCUT2D eigenvalue weighted by Crippen LogP contribution is 2.48. The third-order valence-corrected chi connectivity index (χ3v) is 5.00. The van der Waals surface area contributed by atoms with Crippen molar-refractivity contribution in [2.24, 2.45) is 5.41 Å². The average molecular weight is 325 g/mol. The summed E-state index contributed by atoms with van der Waals surface area (Å²) >= 11 is 0. The first-order chi connectivity index (χ1) is 11.3. The molecule has 1 unspecified atom stereocenters. The van der Waals surface area contributed by atoms with Crippen LogP contribution in [0.4, 0.5) is 0 Å². The van der Waals surface area contributed by atoms with E-state index in [0.29, 0.717) is 23.3 Å². The maximum absolute atomic E-state index is 13.0. The quantitative estimate of drug-likeness (QED) is 0.867. The summed E-state index contributed by atoms with van der Waals surface area (Å²) in [6.07, 6.45) is 4.78. The van der Waals surface area contributed by atoms with Crippen LogP contribution >= 0.6 is 0 Å². The van der Waals surface area contributed by atoms with Crippen LogP contribution in [0.2, 0.25) is 0 Å². The van der Waals surface area contributed by atoms with Gasteiger partial charge >= 0.3 is 0 Å². The molecule has 1 aromatic heterocycles. The second-order valence-electron chi connectivity index (χ2n) is 7.62. The van der Waals surface area contributed by atoms with Crippen LogP contribution < -0.4 is 4.74 Å². The van der Waals surface area contributed by atoms with Crippen LogP contribution in [-0.4, -0.2) is 23.7 Å². The Morgan fingerprint density at radius 2 is 1.96 bits per heavy atom. The maximum Gasteiger partial charge on any atom is 0.194 e. The Bertz CT molecular complexity index is 803. The number of ketones is 2. The fourth-order valence-corrected chi connectivity index (χ4v) is 3.92. The molecular weight excluding hydrogens is 302 g/mol. The number of carbonyl (C=O) groups excluding carboxylic acids is 2. The number of aromatic amines is 1. The Hall–Kier alpha value is -2.36. The number of hydrogen-bond donors (Lipinski definition) is 1. The summed E-state index contributed by atoms with van der Waals surface area (Å²) in [5, 5.41) is 0. The van der Waals surface area contributed by atoms with Crippen LogP contribution in [-0.2, 0) is 10.2 Å². The number of hydrogen-bond acceptors (Lipinski definition) is 3. The third kappa shape index (κ3) is 2.66. The fraction of sp³-hybridized carbons (Fsp3) is 0.400. The van der Waals surface area contributed by atoms with Gasteiger partial charge in [-0.25, -0.2) is 0 Å². The van der Waals surface area contributed by atoms with Crippen LogP contribution in [0.25, 0.3) is 0 Å². The van der Waals surface area contributed by atoms with Crippen molar-refractivity contribution in [3.05, 3.63) is 53.3 Å². The molecule has 126 valence electrons. The highest BCUT2D eigenvalue weighted by atomic mass is 16.5. The lowest BCUT2D eigenvalue weighted by atomic mass is 9.76. The van der Waals surface area contributed by atoms with E-state index in [1.807, 2.05) is 6.92 Å². The van der Waals surface area contributed by atoms with Crippen LogP contribution in [0, 0.1) is 5.41 Å². The summed E-state index contributed by atoms with van der Waals surface area (Å²) in [5.74, 6) is 0.748. The first-order valence-electron chi connectivity index (χ1n) is 8.16. The average Bonchev–Trinajstić information content (AvgIpc) is 3.10. The van der Waals surface area contributed by atoms with Crippen molar-refractivity contribution in [3.8, 4) is 5.75 Å². The van der Waals surface area contributed by atoms with Crippen LogP contribution in [0.1, 0.15) is 55.1 Å². The molecule has 1 saturated carbocycles. The van der Waals surface area contributed by atoms with Gasteiger partial charge in [-0.2, -0.15) is 0 Å². The number of nitrogens with one attached hydrogen (secondary N) is 1. The molecule has 3 rings (SSSR count). The molecule has 1 atom stereocenters.